The predicted molar refractivity (Wildman–Crippen MR) is 68.6 cm³/mol. The quantitative estimate of drug-likeness (QED) is 0.791. The maximum absolute atomic E-state index is 9.59. The minimum atomic E-state index is 0.265. The summed E-state index contributed by atoms with van der Waals surface area (Å²) in [6.07, 6.45) is 0.265. The van der Waals surface area contributed by atoms with Crippen LogP contribution < -0.4 is 5.32 Å². The van der Waals surface area contributed by atoms with Crippen molar-refractivity contribution in [1.82, 2.24) is 5.32 Å². The Balaban J connectivity index is 2.29. The summed E-state index contributed by atoms with van der Waals surface area (Å²) in [5, 5.41) is 12.8. The summed E-state index contributed by atoms with van der Waals surface area (Å²) in [6.45, 7) is 6.14. The first kappa shape index (κ1) is 13.5. The van der Waals surface area contributed by atoms with E-state index in [-0.39, 0.29) is 6.10 Å². The zero-order valence-electron chi connectivity index (χ0n) is 9.66. The number of benzene rings is 1. The molecule has 90 valence electrons. The van der Waals surface area contributed by atoms with Crippen LogP contribution in [0.3, 0.4) is 0 Å². The van der Waals surface area contributed by atoms with Crippen LogP contribution in [0.5, 0.6) is 5.75 Å². The van der Waals surface area contributed by atoms with Crippen LogP contribution in [-0.2, 0) is 11.3 Å². The molecule has 1 aromatic carbocycles. The molecule has 0 spiro atoms. The number of ether oxygens (including phenoxy) is 1. The Labute approximate surface area is 105 Å². The molecule has 0 aromatic heterocycles. The largest absolute Gasteiger partial charge is 0.508 e. The fourth-order valence-corrected chi connectivity index (χ4v) is 1.69. The lowest BCUT2D eigenvalue weighted by molar-refractivity contribution is 0.0807. The van der Waals surface area contributed by atoms with E-state index in [1.807, 2.05) is 26.0 Å². The topological polar surface area (TPSA) is 41.5 Å². The summed E-state index contributed by atoms with van der Waals surface area (Å²) in [5.74, 6) is 0.320. The van der Waals surface area contributed by atoms with Gasteiger partial charge in [-0.15, -0.1) is 0 Å². The van der Waals surface area contributed by atoms with Gasteiger partial charge in [0.05, 0.1) is 12.7 Å². The van der Waals surface area contributed by atoms with Crippen molar-refractivity contribution in [3.05, 3.63) is 28.2 Å². The molecule has 0 bridgehead atoms. The fourth-order valence-electron chi connectivity index (χ4n) is 1.29. The normalized spacial score (nSPS) is 11.0. The second-order valence-corrected chi connectivity index (χ2v) is 4.79. The summed E-state index contributed by atoms with van der Waals surface area (Å²) in [6, 6.07) is 5.41. The highest BCUT2D eigenvalue weighted by molar-refractivity contribution is 9.10. The molecule has 0 unspecified atom stereocenters. The Morgan fingerprint density at radius 1 is 1.44 bits per heavy atom. The fraction of sp³-hybridized carbons (Fsp3) is 0.500. The smallest absolute Gasteiger partial charge is 0.120 e. The number of hydrogen-bond donors (Lipinski definition) is 2. The van der Waals surface area contributed by atoms with Gasteiger partial charge in [0.25, 0.3) is 0 Å². The maximum Gasteiger partial charge on any atom is 0.120 e. The van der Waals surface area contributed by atoms with Gasteiger partial charge in [0.2, 0.25) is 0 Å². The van der Waals surface area contributed by atoms with Gasteiger partial charge >= 0.3 is 0 Å². The van der Waals surface area contributed by atoms with E-state index in [1.54, 1.807) is 6.07 Å². The first-order valence-electron chi connectivity index (χ1n) is 5.39. The van der Waals surface area contributed by atoms with E-state index in [9.17, 15) is 5.11 Å². The van der Waals surface area contributed by atoms with Crippen molar-refractivity contribution in [1.29, 1.82) is 0 Å². The molecular weight excluding hydrogens is 270 g/mol. The molecule has 0 saturated carbocycles. The van der Waals surface area contributed by atoms with Crippen LogP contribution in [0, 0.1) is 0 Å². The van der Waals surface area contributed by atoms with Crippen molar-refractivity contribution in [3.63, 3.8) is 0 Å². The predicted octanol–water partition coefficient (Wildman–Crippen LogP) is 2.67. The van der Waals surface area contributed by atoms with Crippen LogP contribution >= 0.6 is 15.9 Å². The number of nitrogens with one attached hydrogen (secondary N) is 1. The molecule has 0 aliphatic carbocycles. The van der Waals surface area contributed by atoms with E-state index >= 15 is 0 Å². The molecule has 0 atom stereocenters. The van der Waals surface area contributed by atoms with Gasteiger partial charge in [-0.3, -0.25) is 0 Å². The first-order chi connectivity index (χ1) is 7.59. The molecule has 16 heavy (non-hydrogen) atoms. The number of phenolic OH excluding ortho intramolecular Hbond substituents is 1. The van der Waals surface area contributed by atoms with E-state index in [4.69, 9.17) is 4.74 Å². The molecule has 0 aliphatic heterocycles. The molecule has 1 aromatic rings. The van der Waals surface area contributed by atoms with Gasteiger partial charge in [-0.25, -0.2) is 0 Å². The SMILES string of the molecule is CC(C)OCCNCc1cc(Br)ccc1O. The Morgan fingerprint density at radius 3 is 2.88 bits per heavy atom. The van der Waals surface area contributed by atoms with Crippen molar-refractivity contribution in [3.8, 4) is 5.75 Å². The van der Waals surface area contributed by atoms with Crippen molar-refractivity contribution >= 4 is 15.9 Å². The minimum absolute atomic E-state index is 0.265. The second-order valence-electron chi connectivity index (χ2n) is 3.87. The summed E-state index contributed by atoms with van der Waals surface area (Å²) >= 11 is 3.37. The Hall–Kier alpha value is -0.580. The monoisotopic (exact) mass is 287 g/mol. The third-order valence-corrected chi connectivity index (χ3v) is 2.58. The molecule has 0 fully saturated rings. The summed E-state index contributed by atoms with van der Waals surface area (Å²) in [7, 11) is 0. The van der Waals surface area contributed by atoms with E-state index in [0.29, 0.717) is 18.9 Å². The molecule has 1 rings (SSSR count). The third kappa shape index (κ3) is 4.96. The molecule has 0 amide bonds. The molecule has 0 radical (unpaired) electrons. The van der Waals surface area contributed by atoms with Crippen molar-refractivity contribution in [2.24, 2.45) is 0 Å². The van der Waals surface area contributed by atoms with Gasteiger partial charge in [-0.05, 0) is 32.0 Å². The number of hydrogen-bond acceptors (Lipinski definition) is 3. The van der Waals surface area contributed by atoms with E-state index in [0.717, 1.165) is 16.6 Å². The van der Waals surface area contributed by atoms with Crippen LogP contribution in [0.1, 0.15) is 19.4 Å². The Kier molecular flexibility index (Phi) is 5.80. The van der Waals surface area contributed by atoms with Gasteiger partial charge in [-0.2, -0.15) is 0 Å². The Bertz CT molecular complexity index is 329. The van der Waals surface area contributed by atoms with Gasteiger partial charge in [0.15, 0.2) is 0 Å². The number of rotatable bonds is 6. The molecular formula is C12H18BrNO2. The number of aromatic hydroxyl groups is 1. The molecule has 2 N–H and O–H groups in total. The summed E-state index contributed by atoms with van der Waals surface area (Å²) < 4.78 is 6.37. The highest BCUT2D eigenvalue weighted by Gasteiger charge is 2.01. The maximum atomic E-state index is 9.59. The number of phenols is 1. The first-order valence-corrected chi connectivity index (χ1v) is 6.18. The average molecular weight is 288 g/mol. The van der Waals surface area contributed by atoms with Gasteiger partial charge in [-0.1, -0.05) is 15.9 Å². The average Bonchev–Trinajstić information content (AvgIpc) is 2.22. The van der Waals surface area contributed by atoms with E-state index in [2.05, 4.69) is 21.2 Å². The molecule has 4 heteroatoms. The van der Waals surface area contributed by atoms with Crippen LogP contribution in [0.4, 0.5) is 0 Å². The molecule has 3 nitrogen and oxygen atoms in total. The van der Waals surface area contributed by atoms with Crippen molar-refractivity contribution in [2.75, 3.05) is 13.2 Å². The summed E-state index contributed by atoms with van der Waals surface area (Å²) in [5.41, 5.74) is 0.888. The lowest BCUT2D eigenvalue weighted by Gasteiger charge is -2.09. The van der Waals surface area contributed by atoms with Gasteiger partial charge in [0, 0.05) is 23.1 Å². The van der Waals surface area contributed by atoms with Crippen LogP contribution in [0.2, 0.25) is 0 Å². The zero-order chi connectivity index (χ0) is 12.0. The number of halogens is 1. The lowest BCUT2D eigenvalue weighted by Crippen LogP contribution is -2.21. The second kappa shape index (κ2) is 6.89. The zero-order valence-corrected chi connectivity index (χ0v) is 11.3. The standard InChI is InChI=1S/C12H18BrNO2/c1-9(2)16-6-5-14-8-10-7-11(13)3-4-12(10)15/h3-4,7,9,14-15H,5-6,8H2,1-2H3. The minimum Gasteiger partial charge on any atom is -0.508 e. The Morgan fingerprint density at radius 2 is 2.19 bits per heavy atom. The third-order valence-electron chi connectivity index (χ3n) is 2.09. The van der Waals surface area contributed by atoms with Crippen LogP contribution in [-0.4, -0.2) is 24.4 Å². The van der Waals surface area contributed by atoms with Crippen molar-refractivity contribution in [2.45, 2.75) is 26.5 Å². The lowest BCUT2D eigenvalue weighted by atomic mass is 10.2. The highest BCUT2D eigenvalue weighted by Crippen LogP contribution is 2.21. The van der Waals surface area contributed by atoms with E-state index < -0.39 is 0 Å². The molecule has 0 saturated heterocycles. The highest BCUT2D eigenvalue weighted by atomic mass is 79.9. The van der Waals surface area contributed by atoms with Crippen LogP contribution in [0.15, 0.2) is 22.7 Å². The molecule has 0 aliphatic rings. The molecule has 0 heterocycles. The van der Waals surface area contributed by atoms with Crippen molar-refractivity contribution < 1.29 is 9.84 Å². The van der Waals surface area contributed by atoms with Gasteiger partial charge in [0.1, 0.15) is 5.75 Å². The van der Waals surface area contributed by atoms with Crippen LogP contribution in [0.25, 0.3) is 0 Å². The van der Waals surface area contributed by atoms with Gasteiger partial charge < -0.3 is 15.2 Å². The summed E-state index contributed by atoms with van der Waals surface area (Å²) in [4.78, 5) is 0. The van der Waals surface area contributed by atoms with E-state index in [1.165, 1.54) is 0 Å².